The SMILES string of the molecule is Cc1cccc2c1N(C(=O)OC(C)(C)C)CCN2c1cc2cnc(Nc3ccc(OCCN(C)C)cc3)nc2n(CCO)c1=O. The van der Waals surface area contributed by atoms with Gasteiger partial charge < -0.3 is 29.7 Å². The maximum atomic E-state index is 14.0. The second-order valence-electron chi connectivity index (χ2n) is 12.2. The number of ether oxygens (including phenoxy) is 2. The summed E-state index contributed by atoms with van der Waals surface area (Å²) in [4.78, 5) is 41.9. The number of nitrogens with zero attached hydrogens (tertiary/aromatic N) is 6. The summed E-state index contributed by atoms with van der Waals surface area (Å²) in [6.45, 7) is 9.33. The van der Waals surface area contributed by atoms with E-state index in [0.717, 1.165) is 23.5 Å². The first-order chi connectivity index (χ1) is 21.4. The highest BCUT2D eigenvalue weighted by Crippen LogP contribution is 2.40. The van der Waals surface area contributed by atoms with Crippen LogP contribution in [0.5, 0.6) is 5.75 Å². The van der Waals surface area contributed by atoms with Crippen LogP contribution in [-0.4, -0.2) is 83.2 Å². The number of fused-ring (bicyclic) bond motifs is 2. The van der Waals surface area contributed by atoms with Crippen LogP contribution in [0.25, 0.3) is 11.0 Å². The standard InChI is InChI=1S/C33H41N7O5/c1-22-8-7-9-26-28(22)39(32(43)45-33(2,3)4)15-14-38(26)27-20-23-21-34-31(36-29(23)40(16-18-41)30(27)42)35-24-10-12-25(13-11-24)44-19-17-37(5)6/h7-13,20-21,41H,14-19H2,1-6H3,(H,34,35,36). The van der Waals surface area contributed by atoms with Crippen LogP contribution in [0.1, 0.15) is 26.3 Å². The van der Waals surface area contributed by atoms with E-state index >= 15 is 0 Å². The van der Waals surface area contributed by atoms with Gasteiger partial charge in [-0.25, -0.2) is 9.78 Å². The first-order valence-corrected chi connectivity index (χ1v) is 15.0. The Morgan fingerprint density at radius 3 is 2.53 bits per heavy atom. The zero-order valence-electron chi connectivity index (χ0n) is 26.7. The van der Waals surface area contributed by atoms with Crippen LogP contribution in [0.3, 0.4) is 0 Å². The Kier molecular flexibility index (Phi) is 9.26. The van der Waals surface area contributed by atoms with Crippen LogP contribution in [0.15, 0.2) is 59.5 Å². The smallest absolute Gasteiger partial charge is 0.414 e. The van der Waals surface area contributed by atoms with Gasteiger partial charge in [0.1, 0.15) is 29.3 Å². The quantitative estimate of drug-likeness (QED) is 0.274. The van der Waals surface area contributed by atoms with Gasteiger partial charge >= 0.3 is 6.09 Å². The van der Waals surface area contributed by atoms with E-state index in [1.807, 2.05) is 89.2 Å². The molecule has 0 spiro atoms. The summed E-state index contributed by atoms with van der Waals surface area (Å²) >= 11 is 0. The van der Waals surface area contributed by atoms with Gasteiger partial charge in [-0.3, -0.25) is 14.3 Å². The van der Waals surface area contributed by atoms with Crippen LogP contribution in [-0.2, 0) is 11.3 Å². The van der Waals surface area contributed by atoms with E-state index in [4.69, 9.17) is 9.47 Å². The number of aromatic nitrogens is 3. The molecule has 1 aliphatic rings. The molecular formula is C33H41N7O5. The van der Waals surface area contributed by atoms with Gasteiger partial charge in [0.15, 0.2) is 0 Å². The number of amides is 1. The van der Waals surface area contributed by atoms with Gasteiger partial charge in [0, 0.05) is 36.9 Å². The molecule has 0 unspecified atom stereocenters. The number of aliphatic hydroxyl groups is 1. The minimum absolute atomic E-state index is 0.0527. The number of hydrogen-bond acceptors (Lipinski definition) is 10. The lowest BCUT2D eigenvalue weighted by Crippen LogP contribution is -2.46. The van der Waals surface area contributed by atoms with E-state index in [2.05, 4.69) is 20.2 Å². The first kappa shape index (κ1) is 31.7. The van der Waals surface area contributed by atoms with Crippen molar-refractivity contribution >= 4 is 45.8 Å². The molecule has 0 radical (unpaired) electrons. The van der Waals surface area contributed by atoms with Crippen molar-refractivity contribution in [3.8, 4) is 5.75 Å². The second-order valence-corrected chi connectivity index (χ2v) is 12.2. The number of hydrogen-bond donors (Lipinski definition) is 2. The zero-order chi connectivity index (χ0) is 32.3. The molecule has 0 bridgehead atoms. The molecule has 4 aromatic rings. The average Bonchev–Trinajstić information content (AvgIpc) is 2.98. The predicted octanol–water partition coefficient (Wildman–Crippen LogP) is 4.67. The molecule has 0 atom stereocenters. The van der Waals surface area contributed by atoms with Crippen LogP contribution >= 0.6 is 0 Å². The van der Waals surface area contributed by atoms with Crippen LogP contribution in [0, 0.1) is 6.92 Å². The molecule has 0 fully saturated rings. The maximum Gasteiger partial charge on any atom is 0.414 e. The molecule has 0 saturated carbocycles. The predicted molar refractivity (Wildman–Crippen MR) is 176 cm³/mol. The van der Waals surface area contributed by atoms with Gasteiger partial charge in [-0.2, -0.15) is 4.98 Å². The number of aliphatic hydroxyl groups excluding tert-OH is 1. The Bertz CT molecular complexity index is 1730. The molecule has 12 heteroatoms. The summed E-state index contributed by atoms with van der Waals surface area (Å²) in [7, 11) is 3.99. The highest BCUT2D eigenvalue weighted by atomic mass is 16.6. The first-order valence-electron chi connectivity index (χ1n) is 15.0. The third kappa shape index (κ3) is 7.18. The van der Waals surface area contributed by atoms with Crippen molar-refractivity contribution in [2.45, 2.75) is 39.8 Å². The van der Waals surface area contributed by atoms with Crippen LogP contribution in [0.4, 0.5) is 33.5 Å². The molecule has 3 heterocycles. The van der Waals surface area contributed by atoms with Gasteiger partial charge in [0.25, 0.3) is 5.56 Å². The number of likely N-dealkylation sites (N-methyl/N-ethyl adjacent to an activating group) is 1. The van der Waals surface area contributed by atoms with E-state index in [-0.39, 0.29) is 18.7 Å². The largest absolute Gasteiger partial charge is 0.492 e. The third-order valence-corrected chi connectivity index (χ3v) is 7.28. The number of para-hydroxylation sites is 1. The van der Waals surface area contributed by atoms with Gasteiger partial charge in [-0.15, -0.1) is 0 Å². The maximum absolute atomic E-state index is 14.0. The van der Waals surface area contributed by atoms with E-state index < -0.39 is 11.7 Å². The van der Waals surface area contributed by atoms with Crippen molar-refractivity contribution in [1.29, 1.82) is 0 Å². The normalized spacial score (nSPS) is 13.2. The lowest BCUT2D eigenvalue weighted by atomic mass is 10.1. The fraction of sp³-hybridized carbons (Fsp3) is 0.394. The number of carbonyl (C=O) groups excluding carboxylic acids is 1. The lowest BCUT2D eigenvalue weighted by molar-refractivity contribution is 0.0580. The summed E-state index contributed by atoms with van der Waals surface area (Å²) in [6.07, 6.45) is 1.22. The van der Waals surface area contributed by atoms with Crippen LogP contribution < -0.4 is 25.4 Å². The highest BCUT2D eigenvalue weighted by molar-refractivity contribution is 5.97. The monoisotopic (exact) mass is 615 g/mol. The summed E-state index contributed by atoms with van der Waals surface area (Å²) in [6, 6.07) is 15.0. The molecule has 1 aliphatic heterocycles. The zero-order valence-corrected chi connectivity index (χ0v) is 26.7. The molecule has 0 saturated heterocycles. The molecule has 2 N–H and O–H groups in total. The minimum Gasteiger partial charge on any atom is -0.492 e. The highest BCUT2D eigenvalue weighted by Gasteiger charge is 2.33. The number of anilines is 5. The molecule has 12 nitrogen and oxygen atoms in total. The molecule has 45 heavy (non-hydrogen) atoms. The van der Waals surface area contributed by atoms with E-state index in [9.17, 15) is 14.7 Å². The number of benzene rings is 2. The molecule has 1 amide bonds. The van der Waals surface area contributed by atoms with Crippen molar-refractivity contribution in [2.24, 2.45) is 0 Å². The topological polar surface area (TPSA) is 125 Å². The minimum atomic E-state index is -0.648. The van der Waals surface area contributed by atoms with E-state index in [1.165, 1.54) is 4.57 Å². The van der Waals surface area contributed by atoms with Gasteiger partial charge in [0.05, 0.1) is 24.5 Å². The Labute approximate surface area is 262 Å². The molecule has 0 aliphatic carbocycles. The van der Waals surface area contributed by atoms with E-state index in [1.54, 1.807) is 17.2 Å². The number of pyridine rings is 1. The number of nitrogens with one attached hydrogen (secondary N) is 1. The Hall–Kier alpha value is -4.68. The number of carbonyl (C=O) groups is 1. The summed E-state index contributed by atoms with van der Waals surface area (Å²) in [5.74, 6) is 1.07. The van der Waals surface area contributed by atoms with Gasteiger partial charge in [-0.1, -0.05) is 12.1 Å². The Morgan fingerprint density at radius 2 is 1.84 bits per heavy atom. The number of aryl methyl sites for hydroxylation is 1. The fourth-order valence-corrected chi connectivity index (χ4v) is 5.21. The lowest BCUT2D eigenvalue weighted by Gasteiger charge is -2.39. The molecule has 2 aromatic carbocycles. The van der Waals surface area contributed by atoms with Crippen molar-refractivity contribution in [3.05, 3.63) is 70.6 Å². The van der Waals surface area contributed by atoms with Gasteiger partial charge in [0.2, 0.25) is 5.95 Å². The van der Waals surface area contributed by atoms with Crippen molar-refractivity contribution < 1.29 is 19.4 Å². The molecule has 2 aromatic heterocycles. The fourth-order valence-electron chi connectivity index (χ4n) is 5.21. The molecule has 5 rings (SSSR count). The third-order valence-electron chi connectivity index (χ3n) is 7.28. The molecule has 238 valence electrons. The van der Waals surface area contributed by atoms with Crippen molar-refractivity contribution in [3.63, 3.8) is 0 Å². The van der Waals surface area contributed by atoms with Gasteiger partial charge in [-0.05, 0) is 83.8 Å². The van der Waals surface area contributed by atoms with Crippen molar-refractivity contribution in [1.82, 2.24) is 19.4 Å². The Morgan fingerprint density at radius 1 is 1.09 bits per heavy atom. The summed E-state index contributed by atoms with van der Waals surface area (Å²) in [5.41, 5.74) is 2.90. The van der Waals surface area contributed by atoms with Crippen LogP contribution in [0.2, 0.25) is 0 Å². The summed E-state index contributed by atoms with van der Waals surface area (Å²) < 4.78 is 12.9. The summed E-state index contributed by atoms with van der Waals surface area (Å²) in [5, 5.41) is 13.7. The molecular weight excluding hydrogens is 574 g/mol. The Balaban J connectivity index is 1.47. The van der Waals surface area contributed by atoms with Crippen molar-refractivity contribution in [2.75, 3.05) is 62.1 Å². The average molecular weight is 616 g/mol. The number of rotatable bonds is 9. The second kappa shape index (κ2) is 13.1. The van der Waals surface area contributed by atoms with E-state index in [0.29, 0.717) is 53.7 Å².